The largest absolute Gasteiger partial charge is 0.507 e. The number of benzene rings is 2. The van der Waals surface area contributed by atoms with Gasteiger partial charge in [0.1, 0.15) is 10.4 Å². The molecule has 0 atom stereocenters. The van der Waals surface area contributed by atoms with Gasteiger partial charge in [-0.2, -0.15) is 0 Å². The lowest BCUT2D eigenvalue weighted by Gasteiger charge is -2.14. The summed E-state index contributed by atoms with van der Waals surface area (Å²) in [5.74, 6) is 0.237. The first kappa shape index (κ1) is 16.8. The molecule has 0 aliphatic rings. The van der Waals surface area contributed by atoms with Crippen LogP contribution >= 0.6 is 11.3 Å². The fourth-order valence-corrected chi connectivity index (χ4v) is 4.36. The van der Waals surface area contributed by atoms with Crippen molar-refractivity contribution in [1.82, 2.24) is 4.98 Å². The van der Waals surface area contributed by atoms with Crippen molar-refractivity contribution in [2.24, 2.45) is 5.73 Å². The van der Waals surface area contributed by atoms with E-state index in [0.717, 1.165) is 45.8 Å². The summed E-state index contributed by atoms with van der Waals surface area (Å²) < 4.78 is 0.686. The van der Waals surface area contributed by atoms with Crippen molar-refractivity contribution in [1.29, 1.82) is 0 Å². The second kappa shape index (κ2) is 6.59. The minimum atomic E-state index is -0.0767. The predicted molar refractivity (Wildman–Crippen MR) is 109 cm³/mol. The summed E-state index contributed by atoms with van der Waals surface area (Å²) in [5, 5.41) is 14.5. The smallest absolute Gasteiger partial charge is 0.266 e. The van der Waals surface area contributed by atoms with Crippen molar-refractivity contribution in [2.75, 3.05) is 6.54 Å². The Balaban J connectivity index is 2.10. The summed E-state index contributed by atoms with van der Waals surface area (Å²) in [4.78, 5) is 15.5. The fraction of sp³-hybridized carbons (Fsp3) is 0.190. The summed E-state index contributed by atoms with van der Waals surface area (Å²) in [6.45, 7) is 2.63. The number of nitrogens with one attached hydrogen (secondary N) is 1. The van der Waals surface area contributed by atoms with Crippen LogP contribution in [0.25, 0.3) is 32.1 Å². The first-order valence-electron chi connectivity index (χ1n) is 8.71. The molecule has 0 saturated carbocycles. The zero-order chi connectivity index (χ0) is 18.3. The fourth-order valence-electron chi connectivity index (χ4n) is 3.56. The SMILES string of the molecule is CCc1cc(O)c(-c2ccc(CCN)cc2)c2c1[nH]c(=O)c1sccc12. The molecule has 0 spiro atoms. The van der Waals surface area contributed by atoms with Crippen LogP contribution in [0.15, 0.2) is 46.6 Å². The van der Waals surface area contributed by atoms with Crippen LogP contribution in [0.3, 0.4) is 0 Å². The third-order valence-corrected chi connectivity index (χ3v) is 5.74. The van der Waals surface area contributed by atoms with Crippen molar-refractivity contribution >= 4 is 32.3 Å². The van der Waals surface area contributed by atoms with Crippen LogP contribution in [0, 0.1) is 0 Å². The molecule has 132 valence electrons. The number of fused-ring (bicyclic) bond motifs is 3. The van der Waals surface area contributed by atoms with E-state index in [1.54, 1.807) is 6.07 Å². The van der Waals surface area contributed by atoms with Crippen LogP contribution in [0.1, 0.15) is 18.1 Å². The van der Waals surface area contributed by atoms with E-state index < -0.39 is 0 Å². The first-order valence-corrected chi connectivity index (χ1v) is 9.59. The predicted octanol–water partition coefficient (Wildman–Crippen LogP) is 4.18. The number of rotatable bonds is 4. The molecule has 0 aliphatic heterocycles. The molecule has 4 nitrogen and oxygen atoms in total. The van der Waals surface area contributed by atoms with Crippen LogP contribution in [0.2, 0.25) is 0 Å². The van der Waals surface area contributed by atoms with E-state index in [0.29, 0.717) is 11.2 Å². The van der Waals surface area contributed by atoms with Gasteiger partial charge in [-0.25, -0.2) is 0 Å². The molecular weight excluding hydrogens is 344 g/mol. The molecular formula is C21H20N2O2S. The van der Waals surface area contributed by atoms with Crippen molar-refractivity contribution in [3.8, 4) is 16.9 Å². The molecule has 4 aromatic rings. The minimum Gasteiger partial charge on any atom is -0.507 e. The molecule has 4 N–H and O–H groups in total. The van der Waals surface area contributed by atoms with Gasteiger partial charge in [0.25, 0.3) is 5.56 Å². The van der Waals surface area contributed by atoms with Crippen LogP contribution in [-0.2, 0) is 12.8 Å². The Morgan fingerprint density at radius 3 is 2.65 bits per heavy atom. The molecule has 2 aromatic carbocycles. The number of aromatic hydroxyl groups is 1. The number of aromatic amines is 1. The van der Waals surface area contributed by atoms with Crippen molar-refractivity contribution in [3.05, 3.63) is 63.3 Å². The molecule has 5 heteroatoms. The maximum Gasteiger partial charge on any atom is 0.266 e. The Bertz CT molecular complexity index is 1160. The van der Waals surface area contributed by atoms with Gasteiger partial charge in [-0.05, 0) is 53.6 Å². The van der Waals surface area contributed by atoms with Crippen LogP contribution in [0.5, 0.6) is 5.75 Å². The maximum absolute atomic E-state index is 12.5. The zero-order valence-electron chi connectivity index (χ0n) is 14.5. The van der Waals surface area contributed by atoms with Gasteiger partial charge in [-0.1, -0.05) is 31.2 Å². The van der Waals surface area contributed by atoms with E-state index in [9.17, 15) is 9.90 Å². The topological polar surface area (TPSA) is 79.1 Å². The number of nitrogens with two attached hydrogens (primary N) is 1. The summed E-state index contributed by atoms with van der Waals surface area (Å²) >= 11 is 1.42. The number of aromatic nitrogens is 1. The average molecular weight is 364 g/mol. The van der Waals surface area contributed by atoms with Gasteiger partial charge in [-0.3, -0.25) is 4.79 Å². The second-order valence-electron chi connectivity index (χ2n) is 6.39. The van der Waals surface area contributed by atoms with Gasteiger partial charge in [0.05, 0.1) is 5.52 Å². The monoisotopic (exact) mass is 364 g/mol. The Kier molecular flexibility index (Phi) is 4.26. The number of H-pyrrole nitrogens is 1. The Labute approximate surface area is 154 Å². The lowest BCUT2D eigenvalue weighted by Crippen LogP contribution is -2.06. The molecule has 2 heterocycles. The van der Waals surface area contributed by atoms with Crippen LogP contribution in [0.4, 0.5) is 0 Å². The van der Waals surface area contributed by atoms with Gasteiger partial charge in [0.15, 0.2) is 0 Å². The summed E-state index contributed by atoms with van der Waals surface area (Å²) in [6.07, 6.45) is 1.55. The number of aryl methyl sites for hydroxylation is 1. The van der Waals surface area contributed by atoms with Crippen LogP contribution < -0.4 is 11.3 Å². The normalized spacial score (nSPS) is 11.5. The van der Waals surface area contributed by atoms with E-state index in [2.05, 4.69) is 4.98 Å². The third kappa shape index (κ3) is 2.60. The lowest BCUT2D eigenvalue weighted by molar-refractivity contribution is 0.477. The van der Waals surface area contributed by atoms with Gasteiger partial charge in [0.2, 0.25) is 0 Å². The van der Waals surface area contributed by atoms with Crippen molar-refractivity contribution < 1.29 is 5.11 Å². The molecule has 0 amide bonds. The molecule has 0 saturated heterocycles. The third-order valence-electron chi connectivity index (χ3n) is 4.82. The van der Waals surface area contributed by atoms with E-state index >= 15 is 0 Å². The molecule has 0 radical (unpaired) electrons. The van der Waals surface area contributed by atoms with E-state index in [1.165, 1.54) is 16.9 Å². The summed E-state index contributed by atoms with van der Waals surface area (Å²) in [5.41, 5.74) is 10.2. The van der Waals surface area contributed by atoms with Gasteiger partial charge < -0.3 is 15.8 Å². The summed E-state index contributed by atoms with van der Waals surface area (Å²) in [6, 6.07) is 11.8. The number of phenolic OH excluding ortho intramolecular Hbond substituents is 1. The number of hydrogen-bond donors (Lipinski definition) is 3. The number of thiophene rings is 1. The van der Waals surface area contributed by atoms with Crippen LogP contribution in [-0.4, -0.2) is 16.6 Å². The quantitative estimate of drug-likeness (QED) is 0.508. The summed E-state index contributed by atoms with van der Waals surface area (Å²) in [7, 11) is 0. The zero-order valence-corrected chi connectivity index (χ0v) is 15.3. The van der Waals surface area contributed by atoms with Gasteiger partial charge in [0, 0.05) is 16.3 Å². The highest BCUT2D eigenvalue weighted by Crippen LogP contribution is 2.41. The highest BCUT2D eigenvalue weighted by Gasteiger charge is 2.18. The lowest BCUT2D eigenvalue weighted by atomic mass is 9.93. The Morgan fingerprint density at radius 1 is 1.19 bits per heavy atom. The minimum absolute atomic E-state index is 0.0767. The molecule has 4 rings (SSSR count). The van der Waals surface area contributed by atoms with E-state index in [-0.39, 0.29) is 11.3 Å². The highest BCUT2D eigenvalue weighted by atomic mass is 32.1. The van der Waals surface area contributed by atoms with E-state index in [4.69, 9.17) is 5.73 Å². The molecule has 0 unspecified atom stereocenters. The number of pyridine rings is 1. The average Bonchev–Trinajstić information content (AvgIpc) is 3.13. The Morgan fingerprint density at radius 2 is 1.96 bits per heavy atom. The Hall–Kier alpha value is -2.63. The van der Waals surface area contributed by atoms with E-state index in [1.807, 2.05) is 42.6 Å². The van der Waals surface area contributed by atoms with Crippen molar-refractivity contribution in [3.63, 3.8) is 0 Å². The first-order chi connectivity index (χ1) is 12.6. The molecule has 26 heavy (non-hydrogen) atoms. The number of phenols is 1. The highest BCUT2D eigenvalue weighted by molar-refractivity contribution is 7.17. The molecule has 0 fully saturated rings. The molecule has 0 bridgehead atoms. The molecule has 0 aliphatic carbocycles. The second-order valence-corrected chi connectivity index (χ2v) is 7.30. The maximum atomic E-state index is 12.5. The van der Waals surface area contributed by atoms with Crippen molar-refractivity contribution in [2.45, 2.75) is 19.8 Å². The molecule has 2 aromatic heterocycles. The van der Waals surface area contributed by atoms with Gasteiger partial charge >= 0.3 is 0 Å². The number of hydrogen-bond acceptors (Lipinski definition) is 4. The van der Waals surface area contributed by atoms with Gasteiger partial charge in [-0.15, -0.1) is 11.3 Å². The standard InChI is InChI=1S/C21H20N2O2S/c1-2-13-11-16(24)17(14-5-3-12(4-6-14)7-9-22)18-15-8-10-26-20(15)21(25)23-19(13)18/h3-6,8,10-11,24H,2,7,9,22H2,1H3,(H,23,25).